The standard InChI is InChI=1S/C24H23ClN6O2/c1-4-16(32)10-21-26-13-15(3)23(29-21)17-12-20-18(11-19(17)25)24(28-14-27-20)31-8-6-30(7-9-31)22(33)5-2/h4-5,11-14H,1-2,6-10H2,3H3. The second-order valence-corrected chi connectivity index (χ2v) is 8.14. The number of aryl methyl sites for hydroxylation is 1. The number of anilines is 1. The van der Waals surface area contributed by atoms with E-state index >= 15 is 0 Å². The van der Waals surface area contributed by atoms with Gasteiger partial charge < -0.3 is 9.80 Å². The van der Waals surface area contributed by atoms with Crippen LogP contribution in [0.3, 0.4) is 0 Å². The normalized spacial score (nSPS) is 13.8. The van der Waals surface area contributed by atoms with Gasteiger partial charge in [-0.1, -0.05) is 24.8 Å². The molecule has 1 aliphatic rings. The zero-order valence-electron chi connectivity index (χ0n) is 18.3. The minimum Gasteiger partial charge on any atom is -0.352 e. The molecule has 33 heavy (non-hydrogen) atoms. The molecule has 3 heterocycles. The van der Waals surface area contributed by atoms with Crippen LogP contribution in [0.15, 0.2) is 50.0 Å². The van der Waals surface area contributed by atoms with Gasteiger partial charge >= 0.3 is 0 Å². The SMILES string of the molecule is C=CC(=O)Cc1ncc(C)c(-c2cc3ncnc(N4CCN(C(=O)C=C)CC4)c3cc2Cl)n1. The molecule has 1 aromatic carbocycles. The van der Waals surface area contributed by atoms with Crippen LogP contribution in [0.2, 0.25) is 5.02 Å². The number of halogens is 1. The molecular weight excluding hydrogens is 440 g/mol. The number of fused-ring (bicyclic) bond motifs is 1. The van der Waals surface area contributed by atoms with Gasteiger partial charge in [-0.3, -0.25) is 9.59 Å². The number of benzene rings is 1. The zero-order chi connectivity index (χ0) is 23.5. The van der Waals surface area contributed by atoms with Gasteiger partial charge in [-0.05, 0) is 36.8 Å². The van der Waals surface area contributed by atoms with Gasteiger partial charge in [0.1, 0.15) is 18.0 Å². The molecule has 0 unspecified atom stereocenters. The van der Waals surface area contributed by atoms with Gasteiger partial charge in [0, 0.05) is 43.3 Å². The summed E-state index contributed by atoms with van der Waals surface area (Å²) in [5, 5.41) is 1.32. The van der Waals surface area contributed by atoms with Crippen molar-refractivity contribution in [1.29, 1.82) is 0 Å². The number of carbonyl (C=O) groups is 2. The lowest BCUT2D eigenvalue weighted by molar-refractivity contribution is -0.126. The van der Waals surface area contributed by atoms with Crippen LogP contribution < -0.4 is 4.90 Å². The van der Waals surface area contributed by atoms with Crippen LogP contribution >= 0.6 is 11.6 Å². The van der Waals surface area contributed by atoms with Crippen LogP contribution in [0.1, 0.15) is 11.4 Å². The number of hydrogen-bond donors (Lipinski definition) is 0. The second kappa shape index (κ2) is 9.46. The van der Waals surface area contributed by atoms with Gasteiger partial charge in [0.25, 0.3) is 0 Å². The molecule has 0 spiro atoms. The molecule has 0 bridgehead atoms. The smallest absolute Gasteiger partial charge is 0.246 e. The number of piperazine rings is 1. The maximum Gasteiger partial charge on any atom is 0.246 e. The third-order valence-electron chi connectivity index (χ3n) is 5.61. The highest BCUT2D eigenvalue weighted by molar-refractivity contribution is 6.34. The van der Waals surface area contributed by atoms with Crippen LogP contribution in [-0.4, -0.2) is 62.7 Å². The van der Waals surface area contributed by atoms with Crippen molar-refractivity contribution in [2.24, 2.45) is 0 Å². The number of carbonyl (C=O) groups excluding carboxylic acids is 2. The minimum atomic E-state index is -0.151. The number of ketones is 1. The summed E-state index contributed by atoms with van der Waals surface area (Å²) < 4.78 is 0. The summed E-state index contributed by atoms with van der Waals surface area (Å²) in [6, 6.07) is 3.73. The summed E-state index contributed by atoms with van der Waals surface area (Å²) in [4.78, 5) is 45.3. The van der Waals surface area contributed by atoms with Crippen LogP contribution in [0.25, 0.3) is 22.2 Å². The minimum absolute atomic E-state index is 0.0655. The molecule has 1 amide bonds. The first-order chi connectivity index (χ1) is 15.9. The predicted octanol–water partition coefficient (Wildman–Crippen LogP) is 3.18. The number of amides is 1. The van der Waals surface area contributed by atoms with E-state index < -0.39 is 0 Å². The first kappa shape index (κ1) is 22.5. The Morgan fingerprint density at radius 3 is 2.55 bits per heavy atom. The van der Waals surface area contributed by atoms with E-state index in [-0.39, 0.29) is 18.1 Å². The summed E-state index contributed by atoms with van der Waals surface area (Å²) >= 11 is 6.71. The fourth-order valence-electron chi connectivity index (χ4n) is 3.83. The first-order valence-electron chi connectivity index (χ1n) is 10.5. The number of rotatable bonds is 6. The molecule has 1 fully saturated rings. The fourth-order valence-corrected chi connectivity index (χ4v) is 4.08. The number of nitrogens with zero attached hydrogens (tertiary/aromatic N) is 6. The molecule has 3 aromatic rings. The van der Waals surface area contributed by atoms with E-state index in [4.69, 9.17) is 11.6 Å². The molecule has 1 saturated heterocycles. The zero-order valence-corrected chi connectivity index (χ0v) is 19.0. The van der Waals surface area contributed by atoms with E-state index in [9.17, 15) is 9.59 Å². The van der Waals surface area contributed by atoms with Crippen molar-refractivity contribution >= 4 is 40.0 Å². The number of hydrogen-bond acceptors (Lipinski definition) is 7. The molecular formula is C24H23ClN6O2. The summed E-state index contributed by atoms with van der Waals surface area (Å²) in [5.74, 6) is 0.966. The Balaban J connectivity index is 1.69. The van der Waals surface area contributed by atoms with Crippen molar-refractivity contribution in [3.63, 3.8) is 0 Å². The quantitative estimate of drug-likeness (QED) is 0.519. The van der Waals surface area contributed by atoms with E-state index in [1.807, 2.05) is 19.1 Å². The third-order valence-corrected chi connectivity index (χ3v) is 5.92. The lowest BCUT2D eigenvalue weighted by Gasteiger charge is -2.35. The maximum atomic E-state index is 11.9. The number of aromatic nitrogens is 4. The Morgan fingerprint density at radius 1 is 1.09 bits per heavy atom. The Hall–Kier alpha value is -3.65. The summed E-state index contributed by atoms with van der Waals surface area (Å²) in [7, 11) is 0. The molecule has 0 aliphatic carbocycles. The largest absolute Gasteiger partial charge is 0.352 e. The summed E-state index contributed by atoms with van der Waals surface area (Å²) in [6.45, 7) is 11.4. The van der Waals surface area contributed by atoms with Crippen LogP contribution in [0.5, 0.6) is 0 Å². The lowest BCUT2D eigenvalue weighted by Crippen LogP contribution is -2.48. The van der Waals surface area contributed by atoms with Gasteiger partial charge in [0.15, 0.2) is 5.78 Å². The molecule has 168 valence electrons. The lowest BCUT2D eigenvalue weighted by atomic mass is 10.0. The van der Waals surface area contributed by atoms with E-state index in [1.165, 1.54) is 18.5 Å². The molecule has 2 aromatic heterocycles. The van der Waals surface area contributed by atoms with E-state index in [0.717, 1.165) is 22.3 Å². The summed E-state index contributed by atoms with van der Waals surface area (Å²) in [6.07, 6.45) is 5.89. The second-order valence-electron chi connectivity index (χ2n) is 7.73. The topological polar surface area (TPSA) is 92.2 Å². The van der Waals surface area contributed by atoms with Crippen molar-refractivity contribution in [1.82, 2.24) is 24.8 Å². The van der Waals surface area contributed by atoms with Gasteiger partial charge in [-0.15, -0.1) is 0 Å². The Bertz CT molecular complexity index is 1270. The maximum absolute atomic E-state index is 11.9. The Kier molecular flexibility index (Phi) is 6.46. The molecule has 8 nitrogen and oxygen atoms in total. The molecule has 0 atom stereocenters. The monoisotopic (exact) mass is 462 g/mol. The van der Waals surface area contributed by atoms with Crippen LogP contribution in [0.4, 0.5) is 5.82 Å². The van der Waals surface area contributed by atoms with Crippen LogP contribution in [-0.2, 0) is 16.0 Å². The average molecular weight is 463 g/mol. The van der Waals surface area contributed by atoms with Crippen molar-refractivity contribution < 1.29 is 9.59 Å². The van der Waals surface area contributed by atoms with E-state index in [1.54, 1.807) is 11.1 Å². The first-order valence-corrected chi connectivity index (χ1v) is 10.9. The van der Waals surface area contributed by atoms with Crippen molar-refractivity contribution in [3.8, 4) is 11.3 Å². The van der Waals surface area contributed by atoms with Gasteiger partial charge in [-0.25, -0.2) is 19.9 Å². The molecule has 9 heteroatoms. The Labute approximate surface area is 196 Å². The molecule has 4 rings (SSSR count). The van der Waals surface area contributed by atoms with E-state index in [0.29, 0.717) is 48.3 Å². The highest BCUT2D eigenvalue weighted by atomic mass is 35.5. The predicted molar refractivity (Wildman–Crippen MR) is 128 cm³/mol. The highest BCUT2D eigenvalue weighted by Crippen LogP contribution is 2.35. The Morgan fingerprint density at radius 2 is 1.85 bits per heavy atom. The van der Waals surface area contributed by atoms with Crippen LogP contribution in [0, 0.1) is 6.92 Å². The summed E-state index contributed by atoms with van der Waals surface area (Å²) in [5.41, 5.74) is 2.93. The highest BCUT2D eigenvalue weighted by Gasteiger charge is 2.23. The van der Waals surface area contributed by atoms with Gasteiger partial charge in [0.2, 0.25) is 5.91 Å². The molecule has 0 saturated carbocycles. The fraction of sp³-hybridized carbons (Fsp3) is 0.250. The van der Waals surface area contributed by atoms with Crippen molar-refractivity contribution in [3.05, 3.63) is 66.4 Å². The molecule has 0 radical (unpaired) electrons. The third kappa shape index (κ3) is 4.61. The van der Waals surface area contributed by atoms with Crippen molar-refractivity contribution in [2.75, 3.05) is 31.1 Å². The van der Waals surface area contributed by atoms with E-state index in [2.05, 4.69) is 38.0 Å². The van der Waals surface area contributed by atoms with Gasteiger partial charge in [-0.2, -0.15) is 0 Å². The van der Waals surface area contributed by atoms with Crippen molar-refractivity contribution in [2.45, 2.75) is 13.3 Å². The average Bonchev–Trinajstić information content (AvgIpc) is 2.84. The van der Waals surface area contributed by atoms with Gasteiger partial charge in [0.05, 0.1) is 22.7 Å². The number of allylic oxidation sites excluding steroid dienone is 1. The molecule has 0 N–H and O–H groups in total. The molecule has 1 aliphatic heterocycles.